The van der Waals surface area contributed by atoms with E-state index in [0.717, 1.165) is 22.4 Å². The molecule has 0 aromatic heterocycles. The molecule has 0 amide bonds. The summed E-state index contributed by atoms with van der Waals surface area (Å²) in [6.45, 7) is 0. The molecule has 3 heteroatoms. The van der Waals surface area contributed by atoms with Gasteiger partial charge in [-0.15, -0.1) is 0 Å². The summed E-state index contributed by atoms with van der Waals surface area (Å²) in [7, 11) is 1.61. The van der Waals surface area contributed by atoms with Crippen LogP contribution in [-0.2, 0) is 4.79 Å². The van der Waals surface area contributed by atoms with Gasteiger partial charge in [-0.05, 0) is 47.0 Å². The van der Waals surface area contributed by atoms with E-state index in [1.165, 1.54) is 6.08 Å². The molecule has 0 aliphatic carbocycles. The number of carbonyl (C=O) groups is 1. The molecule has 0 fully saturated rings. The zero-order valence-corrected chi connectivity index (χ0v) is 13.9. The second kappa shape index (κ2) is 7.97. The number of hydrogen-bond donors (Lipinski definition) is 0. The minimum atomic E-state index is -0.421. The molecule has 0 aliphatic rings. The fourth-order valence-electron chi connectivity index (χ4n) is 2.41. The van der Waals surface area contributed by atoms with Crippen LogP contribution in [-0.4, -0.2) is 13.1 Å². The molecule has 0 aliphatic heterocycles. The molecule has 3 rings (SSSR count). The van der Waals surface area contributed by atoms with Crippen LogP contribution in [0.25, 0.3) is 17.2 Å². The lowest BCUT2D eigenvalue weighted by atomic mass is 10.1. The number of benzene rings is 3. The highest BCUT2D eigenvalue weighted by Crippen LogP contribution is 2.22. The van der Waals surface area contributed by atoms with Gasteiger partial charge in [-0.1, -0.05) is 54.6 Å². The van der Waals surface area contributed by atoms with Gasteiger partial charge in [-0.25, -0.2) is 4.79 Å². The average Bonchev–Trinajstić information content (AvgIpc) is 2.68. The number of carbonyl (C=O) groups excluding carboxylic acids is 1. The SMILES string of the molecule is COc1cccc(/C=C/C(=O)Oc2ccc(-c3ccccc3)cc2)c1. The number of esters is 1. The molecule has 0 N–H and O–H groups in total. The van der Waals surface area contributed by atoms with E-state index in [2.05, 4.69) is 0 Å². The third-order valence-electron chi connectivity index (χ3n) is 3.69. The summed E-state index contributed by atoms with van der Waals surface area (Å²) in [5, 5.41) is 0. The molecule has 0 heterocycles. The first kappa shape index (κ1) is 16.5. The number of rotatable bonds is 5. The van der Waals surface area contributed by atoms with Crippen molar-refractivity contribution in [3.05, 3.63) is 90.5 Å². The molecule has 3 aromatic carbocycles. The van der Waals surface area contributed by atoms with Crippen LogP contribution < -0.4 is 9.47 Å². The van der Waals surface area contributed by atoms with E-state index in [9.17, 15) is 4.79 Å². The van der Waals surface area contributed by atoms with Crippen LogP contribution in [0.4, 0.5) is 0 Å². The first-order chi connectivity index (χ1) is 12.2. The minimum Gasteiger partial charge on any atom is -0.497 e. The van der Waals surface area contributed by atoms with Gasteiger partial charge < -0.3 is 9.47 Å². The Labute approximate surface area is 147 Å². The Kier molecular flexibility index (Phi) is 5.27. The van der Waals surface area contributed by atoms with Gasteiger partial charge in [0.2, 0.25) is 0 Å². The molecule has 0 spiro atoms. The fraction of sp³-hybridized carbons (Fsp3) is 0.0455. The molecule has 124 valence electrons. The third-order valence-corrected chi connectivity index (χ3v) is 3.69. The van der Waals surface area contributed by atoms with Gasteiger partial charge in [0.25, 0.3) is 0 Å². The first-order valence-corrected chi connectivity index (χ1v) is 7.94. The molecule has 0 unspecified atom stereocenters. The molecule has 0 saturated heterocycles. The van der Waals surface area contributed by atoms with Gasteiger partial charge in [-0.3, -0.25) is 0 Å². The zero-order chi connectivity index (χ0) is 17.5. The quantitative estimate of drug-likeness (QED) is 0.376. The van der Waals surface area contributed by atoms with E-state index in [1.807, 2.05) is 66.7 Å². The van der Waals surface area contributed by atoms with E-state index in [4.69, 9.17) is 9.47 Å². The topological polar surface area (TPSA) is 35.5 Å². The predicted octanol–water partition coefficient (Wildman–Crippen LogP) is 4.98. The highest BCUT2D eigenvalue weighted by Gasteiger charge is 2.02. The van der Waals surface area contributed by atoms with Gasteiger partial charge >= 0.3 is 5.97 Å². The summed E-state index contributed by atoms with van der Waals surface area (Å²) >= 11 is 0. The van der Waals surface area contributed by atoms with Gasteiger partial charge in [-0.2, -0.15) is 0 Å². The Balaban J connectivity index is 1.63. The maximum atomic E-state index is 12.0. The number of hydrogen-bond acceptors (Lipinski definition) is 3. The lowest BCUT2D eigenvalue weighted by molar-refractivity contribution is -0.128. The maximum absolute atomic E-state index is 12.0. The molecule has 0 atom stereocenters. The predicted molar refractivity (Wildman–Crippen MR) is 99.5 cm³/mol. The van der Waals surface area contributed by atoms with Crippen molar-refractivity contribution >= 4 is 12.0 Å². The van der Waals surface area contributed by atoms with Crippen LogP contribution in [0.3, 0.4) is 0 Å². The number of ether oxygens (including phenoxy) is 2. The Bertz CT molecular complexity index is 865. The summed E-state index contributed by atoms with van der Waals surface area (Å²) in [4.78, 5) is 12.0. The Morgan fingerprint density at radius 3 is 2.24 bits per heavy atom. The Morgan fingerprint density at radius 1 is 0.800 bits per heavy atom. The van der Waals surface area contributed by atoms with Crippen molar-refractivity contribution in [2.24, 2.45) is 0 Å². The smallest absolute Gasteiger partial charge is 0.336 e. The molecular formula is C22H18O3. The lowest BCUT2D eigenvalue weighted by Crippen LogP contribution is -2.03. The molecular weight excluding hydrogens is 312 g/mol. The van der Waals surface area contributed by atoms with E-state index >= 15 is 0 Å². The average molecular weight is 330 g/mol. The molecule has 0 bridgehead atoms. The maximum Gasteiger partial charge on any atom is 0.336 e. The van der Waals surface area contributed by atoms with E-state index in [0.29, 0.717) is 5.75 Å². The monoisotopic (exact) mass is 330 g/mol. The van der Waals surface area contributed by atoms with Crippen molar-refractivity contribution in [1.82, 2.24) is 0 Å². The standard InChI is InChI=1S/C22H18O3/c1-24-21-9-5-6-17(16-21)10-15-22(23)25-20-13-11-19(12-14-20)18-7-3-2-4-8-18/h2-16H,1H3/b15-10+. The highest BCUT2D eigenvalue weighted by molar-refractivity contribution is 5.88. The molecule has 0 radical (unpaired) electrons. The van der Waals surface area contributed by atoms with E-state index in [-0.39, 0.29) is 0 Å². The lowest BCUT2D eigenvalue weighted by Gasteiger charge is -2.04. The zero-order valence-electron chi connectivity index (χ0n) is 13.9. The fourth-order valence-corrected chi connectivity index (χ4v) is 2.41. The molecule has 3 aromatic rings. The summed E-state index contributed by atoms with van der Waals surface area (Å²) < 4.78 is 10.5. The van der Waals surface area contributed by atoms with Crippen LogP contribution in [0.5, 0.6) is 11.5 Å². The first-order valence-electron chi connectivity index (χ1n) is 7.94. The largest absolute Gasteiger partial charge is 0.497 e. The van der Waals surface area contributed by atoms with Crippen molar-refractivity contribution < 1.29 is 14.3 Å². The summed E-state index contributed by atoms with van der Waals surface area (Å²) in [5.41, 5.74) is 3.07. The van der Waals surface area contributed by atoms with Crippen molar-refractivity contribution in [2.75, 3.05) is 7.11 Å². The minimum absolute atomic E-state index is 0.421. The highest BCUT2D eigenvalue weighted by atomic mass is 16.5. The van der Waals surface area contributed by atoms with Crippen molar-refractivity contribution in [3.63, 3.8) is 0 Å². The van der Waals surface area contributed by atoms with Crippen LogP contribution >= 0.6 is 0 Å². The Hall–Kier alpha value is -3.33. The van der Waals surface area contributed by atoms with Gasteiger partial charge in [0.1, 0.15) is 11.5 Å². The number of methoxy groups -OCH3 is 1. The normalized spacial score (nSPS) is 10.6. The molecule has 25 heavy (non-hydrogen) atoms. The molecule has 3 nitrogen and oxygen atoms in total. The van der Waals surface area contributed by atoms with E-state index in [1.54, 1.807) is 25.3 Å². The summed E-state index contributed by atoms with van der Waals surface area (Å²) in [5.74, 6) is 0.835. The van der Waals surface area contributed by atoms with Crippen LogP contribution in [0.2, 0.25) is 0 Å². The molecule has 0 saturated carbocycles. The summed E-state index contributed by atoms with van der Waals surface area (Å²) in [6.07, 6.45) is 3.10. The van der Waals surface area contributed by atoms with Gasteiger partial charge in [0.15, 0.2) is 0 Å². The van der Waals surface area contributed by atoms with Gasteiger partial charge in [0.05, 0.1) is 7.11 Å². The third kappa shape index (κ3) is 4.58. The summed E-state index contributed by atoms with van der Waals surface area (Å²) in [6, 6.07) is 24.9. The van der Waals surface area contributed by atoms with Crippen LogP contribution in [0.1, 0.15) is 5.56 Å². The van der Waals surface area contributed by atoms with Gasteiger partial charge in [0, 0.05) is 6.08 Å². The van der Waals surface area contributed by atoms with Crippen molar-refractivity contribution in [3.8, 4) is 22.6 Å². The van der Waals surface area contributed by atoms with E-state index < -0.39 is 5.97 Å². The second-order valence-electron chi connectivity index (χ2n) is 5.42. The van der Waals surface area contributed by atoms with Crippen LogP contribution in [0.15, 0.2) is 84.9 Å². The van der Waals surface area contributed by atoms with Crippen molar-refractivity contribution in [2.45, 2.75) is 0 Å². The van der Waals surface area contributed by atoms with Crippen molar-refractivity contribution in [1.29, 1.82) is 0 Å². The second-order valence-corrected chi connectivity index (χ2v) is 5.42. The van der Waals surface area contributed by atoms with Crippen LogP contribution in [0, 0.1) is 0 Å². The Morgan fingerprint density at radius 2 is 1.52 bits per heavy atom.